The van der Waals surface area contributed by atoms with E-state index in [1.807, 2.05) is 12.1 Å². The van der Waals surface area contributed by atoms with Crippen molar-refractivity contribution in [2.75, 3.05) is 0 Å². The maximum atomic E-state index is 10.9. The molecule has 0 saturated heterocycles. The summed E-state index contributed by atoms with van der Waals surface area (Å²) in [5.41, 5.74) is 1.35. The molecule has 0 aliphatic rings. The summed E-state index contributed by atoms with van der Waals surface area (Å²) in [6.07, 6.45) is 17.2. The standard InChI is InChI=1S/C24H36N2O2/c1-3-5-6-7-8-9-10-11-12-23-25(17-4-2)18-19-26(23)20-21-13-15-22(16-14-21)24(27)28/h13-16,18-19H,3-12,17,20H2,1-2H3. The van der Waals surface area contributed by atoms with Crippen molar-refractivity contribution < 1.29 is 14.5 Å². The summed E-state index contributed by atoms with van der Waals surface area (Å²) in [4.78, 5) is 10.9. The van der Waals surface area contributed by atoms with Crippen LogP contribution in [0.3, 0.4) is 0 Å². The third kappa shape index (κ3) is 7.14. The molecule has 0 unspecified atom stereocenters. The second-order valence-electron chi connectivity index (χ2n) is 7.74. The molecule has 0 atom stereocenters. The topological polar surface area (TPSA) is 48.9 Å². The second-order valence-corrected chi connectivity index (χ2v) is 7.74. The van der Waals surface area contributed by atoms with Crippen molar-refractivity contribution in [3.8, 4) is 0 Å². The lowest BCUT2D eigenvalue weighted by Crippen LogP contribution is -2.38. The molecule has 1 aromatic heterocycles. The molecule has 0 N–H and O–H groups in total. The Morgan fingerprint density at radius 1 is 0.929 bits per heavy atom. The van der Waals surface area contributed by atoms with Crippen LogP contribution in [-0.2, 0) is 19.5 Å². The third-order valence-electron chi connectivity index (χ3n) is 5.35. The molecular formula is C24H36N2O2. The summed E-state index contributed by atoms with van der Waals surface area (Å²) in [5, 5.41) is 10.9. The van der Waals surface area contributed by atoms with Gasteiger partial charge >= 0.3 is 0 Å². The normalized spacial score (nSPS) is 11.1. The maximum absolute atomic E-state index is 10.9. The third-order valence-corrected chi connectivity index (χ3v) is 5.35. The van der Waals surface area contributed by atoms with Gasteiger partial charge in [0.05, 0.1) is 12.5 Å². The fourth-order valence-corrected chi connectivity index (χ4v) is 3.73. The zero-order chi connectivity index (χ0) is 20.2. The second kappa shape index (κ2) is 12.4. The van der Waals surface area contributed by atoms with E-state index >= 15 is 0 Å². The largest absolute Gasteiger partial charge is 0.545 e. The summed E-state index contributed by atoms with van der Waals surface area (Å²) in [6, 6.07) is 7.03. The lowest BCUT2D eigenvalue weighted by atomic mass is 10.1. The molecule has 4 nitrogen and oxygen atoms in total. The fraction of sp³-hybridized carbons (Fsp3) is 0.583. The van der Waals surface area contributed by atoms with Crippen LogP contribution in [0.2, 0.25) is 0 Å². The van der Waals surface area contributed by atoms with Crippen molar-refractivity contribution in [3.05, 3.63) is 53.6 Å². The Kier molecular flexibility index (Phi) is 9.81. The summed E-state index contributed by atoms with van der Waals surface area (Å²) in [6.45, 7) is 6.29. The average Bonchev–Trinajstić information content (AvgIpc) is 3.06. The Hall–Kier alpha value is -2.10. The zero-order valence-corrected chi connectivity index (χ0v) is 17.7. The number of aryl methyl sites for hydroxylation is 1. The van der Waals surface area contributed by atoms with E-state index in [-0.39, 0.29) is 5.56 Å². The van der Waals surface area contributed by atoms with Gasteiger partial charge in [-0.1, -0.05) is 83.1 Å². The predicted octanol–water partition coefficient (Wildman–Crippen LogP) is 4.28. The molecule has 2 rings (SSSR count). The Morgan fingerprint density at radius 2 is 1.57 bits per heavy atom. The van der Waals surface area contributed by atoms with E-state index in [4.69, 9.17) is 0 Å². The number of nitrogens with zero attached hydrogens (tertiary/aromatic N) is 2. The van der Waals surface area contributed by atoms with Crippen LogP contribution in [0.25, 0.3) is 0 Å². The number of hydrogen-bond donors (Lipinski definition) is 0. The lowest BCUT2D eigenvalue weighted by Gasteiger charge is -2.07. The van der Waals surface area contributed by atoms with Gasteiger partial charge in [-0.25, -0.2) is 9.13 Å². The highest BCUT2D eigenvalue weighted by Gasteiger charge is 2.16. The lowest BCUT2D eigenvalue weighted by molar-refractivity contribution is -0.695. The van der Waals surface area contributed by atoms with Crippen molar-refractivity contribution in [2.24, 2.45) is 0 Å². The van der Waals surface area contributed by atoms with E-state index in [1.54, 1.807) is 12.1 Å². The molecule has 2 aromatic rings. The summed E-state index contributed by atoms with van der Waals surface area (Å²) in [5.74, 6) is 0.250. The summed E-state index contributed by atoms with van der Waals surface area (Å²) >= 11 is 0. The van der Waals surface area contributed by atoms with E-state index in [0.29, 0.717) is 0 Å². The zero-order valence-electron chi connectivity index (χ0n) is 17.7. The molecule has 0 aliphatic carbocycles. The number of rotatable bonds is 14. The highest BCUT2D eigenvalue weighted by atomic mass is 16.4. The number of carbonyl (C=O) groups excluding carboxylic acids is 1. The van der Waals surface area contributed by atoms with Gasteiger partial charge in [-0.05, 0) is 24.0 Å². The van der Waals surface area contributed by atoms with Crippen LogP contribution in [0.5, 0.6) is 0 Å². The minimum absolute atomic E-state index is 0.233. The van der Waals surface area contributed by atoms with Crippen LogP contribution in [0, 0.1) is 0 Å². The van der Waals surface area contributed by atoms with Crippen LogP contribution in [0.4, 0.5) is 0 Å². The summed E-state index contributed by atoms with van der Waals surface area (Å²) in [7, 11) is 0. The van der Waals surface area contributed by atoms with Crippen LogP contribution in [0.1, 0.15) is 93.4 Å². The number of unbranched alkanes of at least 4 members (excludes halogenated alkanes) is 7. The molecule has 0 aliphatic heterocycles. The quantitative estimate of drug-likeness (QED) is 0.360. The van der Waals surface area contributed by atoms with Gasteiger partial charge in [0.25, 0.3) is 5.82 Å². The number of aromatic carboxylic acids is 1. The number of carboxylic acids is 1. The van der Waals surface area contributed by atoms with E-state index in [1.165, 1.54) is 57.2 Å². The molecule has 1 heterocycles. The van der Waals surface area contributed by atoms with Crippen molar-refractivity contribution >= 4 is 5.97 Å². The fourth-order valence-electron chi connectivity index (χ4n) is 3.73. The Balaban J connectivity index is 1.91. The molecule has 1 aromatic carbocycles. The Bertz CT molecular complexity index is 704. The number of imidazole rings is 1. The SMILES string of the molecule is CCCCCCCCCCc1n(CCC)cc[n+]1Cc1ccc(C(=O)[O-])cc1. The first-order valence-corrected chi connectivity index (χ1v) is 11.0. The summed E-state index contributed by atoms with van der Waals surface area (Å²) < 4.78 is 4.68. The predicted molar refractivity (Wildman–Crippen MR) is 111 cm³/mol. The first kappa shape index (κ1) is 22.2. The molecule has 0 fully saturated rings. The molecule has 4 heteroatoms. The number of carboxylic acid groups (broad SMARTS) is 1. The van der Waals surface area contributed by atoms with Gasteiger partial charge < -0.3 is 9.90 Å². The number of hydrogen-bond acceptors (Lipinski definition) is 2. The van der Waals surface area contributed by atoms with Crippen LogP contribution in [0.15, 0.2) is 36.7 Å². The van der Waals surface area contributed by atoms with Gasteiger partial charge in [0, 0.05) is 6.42 Å². The maximum Gasteiger partial charge on any atom is 0.256 e. The van der Waals surface area contributed by atoms with E-state index < -0.39 is 5.97 Å². The molecule has 0 radical (unpaired) electrons. The molecular weight excluding hydrogens is 348 g/mol. The van der Waals surface area contributed by atoms with Gasteiger partial charge in [-0.2, -0.15) is 0 Å². The molecule has 0 spiro atoms. The van der Waals surface area contributed by atoms with Crippen molar-refractivity contribution in [3.63, 3.8) is 0 Å². The van der Waals surface area contributed by atoms with Crippen molar-refractivity contribution in [1.82, 2.24) is 4.57 Å². The minimum Gasteiger partial charge on any atom is -0.545 e. The van der Waals surface area contributed by atoms with Crippen LogP contribution in [-0.4, -0.2) is 10.5 Å². The minimum atomic E-state index is -1.12. The smallest absolute Gasteiger partial charge is 0.256 e. The molecule has 0 amide bonds. The molecule has 154 valence electrons. The first-order valence-electron chi connectivity index (χ1n) is 11.0. The van der Waals surface area contributed by atoms with Gasteiger partial charge in [0.15, 0.2) is 0 Å². The van der Waals surface area contributed by atoms with Gasteiger partial charge in [0.2, 0.25) is 0 Å². The Morgan fingerprint density at radius 3 is 2.18 bits per heavy atom. The van der Waals surface area contributed by atoms with Crippen LogP contribution < -0.4 is 9.67 Å². The van der Waals surface area contributed by atoms with Gasteiger partial charge in [0.1, 0.15) is 18.9 Å². The van der Waals surface area contributed by atoms with Crippen molar-refractivity contribution in [2.45, 2.75) is 91.1 Å². The average molecular weight is 385 g/mol. The highest BCUT2D eigenvalue weighted by Crippen LogP contribution is 2.11. The first-order chi connectivity index (χ1) is 13.7. The number of carbonyl (C=O) groups is 1. The molecule has 0 bridgehead atoms. The van der Waals surface area contributed by atoms with E-state index in [0.717, 1.165) is 31.5 Å². The van der Waals surface area contributed by atoms with E-state index in [2.05, 4.69) is 35.4 Å². The number of benzene rings is 1. The molecule has 28 heavy (non-hydrogen) atoms. The van der Waals surface area contributed by atoms with E-state index in [9.17, 15) is 9.90 Å². The van der Waals surface area contributed by atoms with Gasteiger partial charge in [-0.15, -0.1) is 0 Å². The Labute approximate surface area is 170 Å². The highest BCUT2D eigenvalue weighted by molar-refractivity contribution is 5.85. The van der Waals surface area contributed by atoms with Crippen LogP contribution >= 0.6 is 0 Å². The van der Waals surface area contributed by atoms with Gasteiger partial charge in [-0.3, -0.25) is 0 Å². The number of aromatic nitrogens is 2. The van der Waals surface area contributed by atoms with Crippen molar-refractivity contribution in [1.29, 1.82) is 0 Å². The molecule has 0 saturated carbocycles. The monoisotopic (exact) mass is 384 g/mol.